The van der Waals surface area contributed by atoms with Gasteiger partial charge in [-0.3, -0.25) is 0 Å². The highest BCUT2D eigenvalue weighted by Crippen LogP contribution is 2.23. The van der Waals surface area contributed by atoms with E-state index in [0.29, 0.717) is 6.42 Å². The summed E-state index contributed by atoms with van der Waals surface area (Å²) in [6.07, 6.45) is 1.35. The van der Waals surface area contributed by atoms with Gasteiger partial charge in [0.1, 0.15) is 0 Å². The molecule has 29 heavy (non-hydrogen) atoms. The molecule has 0 fully saturated rings. The standard InChI is InChI=1S/C16H39N3O9Si/c1-2-3-4-29(26-11-14(17,5-20)6-21,27-12-15(18,7-22)8-23)28-13-16(19,9-24)10-25/h20-25H,2-13,17-19H2,1H3. The highest BCUT2D eigenvalue weighted by atomic mass is 28.4. The van der Waals surface area contributed by atoms with Crippen LogP contribution < -0.4 is 17.2 Å². The van der Waals surface area contributed by atoms with Crippen molar-refractivity contribution >= 4 is 8.80 Å². The van der Waals surface area contributed by atoms with Crippen molar-refractivity contribution in [2.24, 2.45) is 17.2 Å². The van der Waals surface area contributed by atoms with Gasteiger partial charge in [0.25, 0.3) is 0 Å². The number of nitrogens with two attached hydrogens (primary N) is 3. The second kappa shape index (κ2) is 13.2. The monoisotopic (exact) mass is 445 g/mol. The average molecular weight is 446 g/mol. The van der Waals surface area contributed by atoms with Gasteiger partial charge in [0, 0.05) is 6.04 Å². The molecule has 0 aromatic carbocycles. The molecule has 13 heteroatoms. The normalized spacial score (nSPS) is 13.9. The van der Waals surface area contributed by atoms with Crippen LogP contribution in [0, 0.1) is 0 Å². The predicted octanol–water partition coefficient (Wildman–Crippen LogP) is -4.18. The SMILES string of the molecule is CCCC[Si](OCC(N)(CO)CO)(OCC(N)(CO)CO)OCC(N)(CO)CO. The van der Waals surface area contributed by atoms with Crippen molar-refractivity contribution in [3.8, 4) is 0 Å². The second-order valence-corrected chi connectivity index (χ2v) is 10.4. The van der Waals surface area contributed by atoms with Gasteiger partial charge in [-0.15, -0.1) is 0 Å². The average Bonchev–Trinajstić information content (AvgIpc) is 2.77. The van der Waals surface area contributed by atoms with E-state index in [-0.39, 0.29) is 25.9 Å². The molecular formula is C16H39N3O9Si. The van der Waals surface area contributed by atoms with Gasteiger partial charge < -0.3 is 61.1 Å². The molecule has 0 bridgehead atoms. The number of hydrogen-bond acceptors (Lipinski definition) is 12. The lowest BCUT2D eigenvalue weighted by Crippen LogP contribution is -2.61. The highest BCUT2D eigenvalue weighted by Gasteiger charge is 2.46. The van der Waals surface area contributed by atoms with E-state index < -0.39 is 65.1 Å². The molecule has 12 nitrogen and oxygen atoms in total. The van der Waals surface area contributed by atoms with Crippen LogP contribution in [0.5, 0.6) is 0 Å². The Kier molecular flexibility index (Phi) is 13.1. The Morgan fingerprint density at radius 2 is 0.897 bits per heavy atom. The molecule has 0 unspecified atom stereocenters. The molecular weight excluding hydrogens is 406 g/mol. The second-order valence-electron chi connectivity index (χ2n) is 7.69. The molecule has 0 aliphatic heterocycles. The first-order valence-corrected chi connectivity index (χ1v) is 11.4. The highest BCUT2D eigenvalue weighted by molar-refractivity contribution is 6.60. The zero-order valence-corrected chi connectivity index (χ0v) is 18.1. The van der Waals surface area contributed by atoms with E-state index >= 15 is 0 Å². The lowest BCUT2D eigenvalue weighted by molar-refractivity contribution is -0.0214. The van der Waals surface area contributed by atoms with E-state index in [0.717, 1.165) is 6.42 Å². The summed E-state index contributed by atoms with van der Waals surface area (Å²) in [6.45, 7) is -2.42. The number of aliphatic hydroxyl groups is 6. The van der Waals surface area contributed by atoms with Crippen LogP contribution in [-0.4, -0.2) is 116 Å². The van der Waals surface area contributed by atoms with Gasteiger partial charge in [-0.1, -0.05) is 13.3 Å². The summed E-state index contributed by atoms with van der Waals surface area (Å²) < 4.78 is 17.6. The number of rotatable bonds is 18. The summed E-state index contributed by atoms with van der Waals surface area (Å²) >= 11 is 0. The van der Waals surface area contributed by atoms with Crippen LogP contribution in [0.15, 0.2) is 0 Å². The van der Waals surface area contributed by atoms with E-state index in [4.69, 9.17) is 30.5 Å². The Bertz CT molecular complexity index is 381. The lowest BCUT2D eigenvalue weighted by Gasteiger charge is -2.38. The fourth-order valence-electron chi connectivity index (χ4n) is 1.92. The van der Waals surface area contributed by atoms with E-state index in [1.165, 1.54) is 0 Å². The molecule has 0 saturated carbocycles. The first-order chi connectivity index (χ1) is 13.5. The fraction of sp³-hybridized carbons (Fsp3) is 1.00. The molecule has 0 aliphatic carbocycles. The molecule has 12 N–H and O–H groups in total. The van der Waals surface area contributed by atoms with Crippen LogP contribution in [0.2, 0.25) is 6.04 Å². The third kappa shape index (κ3) is 9.60. The number of aliphatic hydroxyl groups excluding tert-OH is 6. The maximum Gasteiger partial charge on any atom is 0.501 e. The third-order valence-electron chi connectivity index (χ3n) is 4.46. The van der Waals surface area contributed by atoms with Gasteiger partial charge in [-0.05, 0) is 6.42 Å². The molecule has 0 aromatic heterocycles. The summed E-state index contributed by atoms with van der Waals surface area (Å²) in [7, 11) is -3.65. The van der Waals surface area contributed by atoms with Crippen molar-refractivity contribution in [2.75, 3.05) is 59.5 Å². The summed E-state index contributed by atoms with van der Waals surface area (Å²) in [4.78, 5) is 0. The first-order valence-electron chi connectivity index (χ1n) is 9.48. The van der Waals surface area contributed by atoms with Crippen LogP contribution in [0.25, 0.3) is 0 Å². The van der Waals surface area contributed by atoms with Crippen LogP contribution in [0.3, 0.4) is 0 Å². The van der Waals surface area contributed by atoms with Gasteiger partial charge in [0.05, 0.1) is 76.1 Å². The smallest absolute Gasteiger partial charge is 0.394 e. The van der Waals surface area contributed by atoms with Gasteiger partial charge in [0.2, 0.25) is 0 Å². The minimum atomic E-state index is -3.65. The third-order valence-corrected chi connectivity index (χ3v) is 7.18. The van der Waals surface area contributed by atoms with Crippen molar-refractivity contribution in [3.63, 3.8) is 0 Å². The van der Waals surface area contributed by atoms with Gasteiger partial charge in [0.15, 0.2) is 0 Å². The molecule has 0 radical (unpaired) electrons. The van der Waals surface area contributed by atoms with Gasteiger partial charge >= 0.3 is 8.80 Å². The lowest BCUT2D eigenvalue weighted by atomic mass is 10.1. The maximum absolute atomic E-state index is 9.43. The Morgan fingerprint density at radius 3 is 1.10 bits per heavy atom. The quantitative estimate of drug-likeness (QED) is 0.0915. The van der Waals surface area contributed by atoms with Crippen molar-refractivity contribution in [1.82, 2.24) is 0 Å². The summed E-state index contributed by atoms with van der Waals surface area (Å²) in [6, 6.07) is 0.274. The first kappa shape index (κ1) is 28.7. The summed E-state index contributed by atoms with van der Waals surface area (Å²) in [5.41, 5.74) is 13.3. The minimum absolute atomic E-state index is 0.274. The fourth-order valence-corrected chi connectivity index (χ4v) is 4.91. The maximum atomic E-state index is 9.43. The predicted molar refractivity (Wildman–Crippen MR) is 107 cm³/mol. The minimum Gasteiger partial charge on any atom is -0.394 e. The number of hydrogen-bond donors (Lipinski definition) is 9. The summed E-state index contributed by atoms with van der Waals surface area (Å²) in [5.74, 6) is 0. The molecule has 0 aromatic rings. The Labute approximate surface area is 172 Å². The van der Waals surface area contributed by atoms with Gasteiger partial charge in [-0.2, -0.15) is 0 Å². The van der Waals surface area contributed by atoms with E-state index in [1.54, 1.807) is 0 Å². The van der Waals surface area contributed by atoms with Gasteiger partial charge in [-0.25, -0.2) is 0 Å². The number of unbranched alkanes of at least 4 members (excludes halogenated alkanes) is 1. The van der Waals surface area contributed by atoms with Crippen LogP contribution >= 0.6 is 0 Å². The van der Waals surface area contributed by atoms with E-state index in [9.17, 15) is 30.6 Å². The van der Waals surface area contributed by atoms with Crippen LogP contribution in [0.4, 0.5) is 0 Å². The molecule has 0 atom stereocenters. The van der Waals surface area contributed by atoms with Crippen molar-refractivity contribution in [2.45, 2.75) is 42.4 Å². The van der Waals surface area contributed by atoms with Crippen molar-refractivity contribution < 1.29 is 43.9 Å². The molecule has 0 rings (SSSR count). The Hall–Kier alpha value is -0.263. The molecule has 0 heterocycles. The van der Waals surface area contributed by atoms with Crippen LogP contribution in [0.1, 0.15) is 19.8 Å². The largest absolute Gasteiger partial charge is 0.501 e. The van der Waals surface area contributed by atoms with Crippen LogP contribution in [-0.2, 0) is 13.3 Å². The molecule has 0 aliphatic rings. The summed E-state index contributed by atoms with van der Waals surface area (Å²) in [5, 5.41) is 56.6. The Balaban J connectivity index is 5.67. The van der Waals surface area contributed by atoms with Crippen molar-refractivity contribution in [3.05, 3.63) is 0 Å². The molecule has 0 saturated heterocycles. The zero-order valence-electron chi connectivity index (χ0n) is 17.1. The van der Waals surface area contributed by atoms with Crippen molar-refractivity contribution in [1.29, 1.82) is 0 Å². The molecule has 176 valence electrons. The topological polar surface area (TPSA) is 227 Å². The Morgan fingerprint density at radius 1 is 0.621 bits per heavy atom. The zero-order chi connectivity index (χ0) is 22.6. The molecule has 0 amide bonds. The van der Waals surface area contributed by atoms with E-state index in [1.807, 2.05) is 6.92 Å². The van der Waals surface area contributed by atoms with E-state index in [2.05, 4.69) is 0 Å². The molecule has 0 spiro atoms.